The first kappa shape index (κ1) is 31.9. The van der Waals surface area contributed by atoms with Crippen molar-refractivity contribution in [2.75, 3.05) is 6.61 Å². The van der Waals surface area contributed by atoms with Crippen LogP contribution < -0.4 is 0 Å². The molecule has 7 unspecified atom stereocenters. The van der Waals surface area contributed by atoms with E-state index in [1.165, 1.54) is 6.42 Å². The van der Waals surface area contributed by atoms with Crippen molar-refractivity contribution in [3.05, 3.63) is 72.9 Å². The minimum absolute atomic E-state index is 0.103. The largest absolute Gasteiger partial charge is 0.358 e. The van der Waals surface area contributed by atoms with Crippen LogP contribution in [0.25, 0.3) is 0 Å². The fourth-order valence-corrected chi connectivity index (χ4v) is 4.32. The molecule has 0 aromatic heterocycles. The van der Waals surface area contributed by atoms with Crippen molar-refractivity contribution in [1.82, 2.24) is 0 Å². The standard InChI is InChI=1S/C22H40O3P6/c1-2-3-4-11-16-21(24-26)17-12-8-6-5-7-9-13-18-22(25-30-27)19-14-10-15-20-23-31(28)29/h4,6-14,17-18,21-22,30H,2-3,5,15-16,19-20,26-29H2,1H3. The second kappa shape index (κ2) is 25.5. The third-order valence-corrected chi connectivity index (χ3v) is 6.43. The lowest BCUT2D eigenvalue weighted by atomic mass is 10.2. The van der Waals surface area contributed by atoms with E-state index in [4.69, 9.17) is 13.6 Å². The van der Waals surface area contributed by atoms with Crippen molar-refractivity contribution in [1.29, 1.82) is 0 Å². The van der Waals surface area contributed by atoms with Crippen molar-refractivity contribution in [2.24, 2.45) is 0 Å². The van der Waals surface area contributed by atoms with Gasteiger partial charge in [-0.15, -0.1) is 0 Å². The molecule has 0 heterocycles. The van der Waals surface area contributed by atoms with Crippen LogP contribution in [0.5, 0.6) is 0 Å². The van der Waals surface area contributed by atoms with E-state index in [9.17, 15) is 0 Å². The normalized spacial score (nSPS) is 15.7. The molecule has 0 aliphatic heterocycles. The molecular formula is C22H40O3P6. The second-order valence-corrected chi connectivity index (χ2v) is 13.8. The fourth-order valence-electron chi connectivity index (χ4n) is 2.29. The van der Waals surface area contributed by atoms with E-state index in [0.717, 1.165) is 38.7 Å². The maximum absolute atomic E-state index is 5.76. The molecule has 0 saturated heterocycles. The highest BCUT2D eigenvalue weighted by atomic mass is 32.4. The van der Waals surface area contributed by atoms with Crippen LogP contribution in [-0.4, -0.2) is 18.8 Å². The molecule has 0 N–H and O–H groups in total. The van der Waals surface area contributed by atoms with Crippen LogP contribution in [0.3, 0.4) is 0 Å². The van der Waals surface area contributed by atoms with Gasteiger partial charge in [0.1, 0.15) is 0 Å². The van der Waals surface area contributed by atoms with Crippen LogP contribution in [0.2, 0.25) is 0 Å². The SMILES string of the molecule is CCCC=CCC(C=CC=CCC=CC=CC(CC=CCCOP(P)P)OPP)OP. The van der Waals surface area contributed by atoms with Gasteiger partial charge in [0.25, 0.3) is 0 Å². The lowest BCUT2D eigenvalue weighted by Crippen LogP contribution is -2.01. The first-order valence-electron chi connectivity index (χ1n) is 10.5. The van der Waals surface area contributed by atoms with Gasteiger partial charge in [0, 0.05) is 18.0 Å². The Morgan fingerprint density at radius 2 is 1.45 bits per heavy atom. The van der Waals surface area contributed by atoms with Gasteiger partial charge in [0.2, 0.25) is 0 Å². The average molecular weight is 538 g/mol. The van der Waals surface area contributed by atoms with Gasteiger partial charge < -0.3 is 13.6 Å². The topological polar surface area (TPSA) is 27.7 Å². The minimum Gasteiger partial charge on any atom is -0.358 e. The molecule has 3 nitrogen and oxygen atoms in total. The highest BCUT2D eigenvalue weighted by Gasteiger charge is 2.00. The van der Waals surface area contributed by atoms with Gasteiger partial charge in [0.05, 0.1) is 26.3 Å². The number of hydrogen-bond acceptors (Lipinski definition) is 3. The molecule has 31 heavy (non-hydrogen) atoms. The fraction of sp³-hybridized carbons (Fsp3) is 0.455. The molecule has 0 radical (unpaired) electrons. The molecule has 7 atom stereocenters. The Morgan fingerprint density at radius 3 is 2.03 bits per heavy atom. The van der Waals surface area contributed by atoms with Crippen LogP contribution in [-0.2, 0) is 13.6 Å². The van der Waals surface area contributed by atoms with Crippen molar-refractivity contribution in [2.45, 2.75) is 57.7 Å². The summed E-state index contributed by atoms with van der Waals surface area (Å²) in [6.45, 7) is 2.94. The Hall–Kier alpha value is 0.900. The van der Waals surface area contributed by atoms with Gasteiger partial charge in [-0.3, -0.25) is 0 Å². The Kier molecular flexibility index (Phi) is 26.3. The number of allylic oxidation sites excluding steroid dienone is 7. The second-order valence-electron chi connectivity index (χ2n) is 6.50. The van der Waals surface area contributed by atoms with Crippen molar-refractivity contribution >= 4 is 52.3 Å². The molecule has 0 aliphatic carbocycles. The molecular weight excluding hydrogens is 498 g/mol. The smallest absolute Gasteiger partial charge is 0.0836 e. The maximum Gasteiger partial charge on any atom is 0.0836 e. The molecule has 0 saturated carbocycles. The van der Waals surface area contributed by atoms with E-state index in [2.05, 4.69) is 110 Å². The lowest BCUT2D eigenvalue weighted by Gasteiger charge is -2.09. The third kappa shape index (κ3) is 23.8. The monoisotopic (exact) mass is 538 g/mol. The van der Waals surface area contributed by atoms with Crippen LogP contribution in [0, 0.1) is 0 Å². The zero-order valence-electron chi connectivity index (χ0n) is 18.5. The predicted octanol–water partition coefficient (Wildman–Crippen LogP) is 8.62. The van der Waals surface area contributed by atoms with Gasteiger partial charge in [-0.1, -0.05) is 113 Å². The van der Waals surface area contributed by atoms with Crippen LogP contribution in [0.15, 0.2) is 72.9 Å². The maximum atomic E-state index is 5.76. The molecule has 0 aromatic carbocycles. The Bertz CT molecular complexity index is 574. The van der Waals surface area contributed by atoms with Gasteiger partial charge in [-0.05, 0) is 32.1 Å². The van der Waals surface area contributed by atoms with Crippen LogP contribution in [0.4, 0.5) is 0 Å². The van der Waals surface area contributed by atoms with Gasteiger partial charge in [-0.2, -0.15) is 0 Å². The zero-order valence-corrected chi connectivity index (χ0v) is 25.0. The van der Waals surface area contributed by atoms with Gasteiger partial charge in [-0.25, -0.2) is 0 Å². The van der Waals surface area contributed by atoms with E-state index >= 15 is 0 Å². The Balaban J connectivity index is 4.17. The first-order chi connectivity index (χ1) is 15.1. The summed E-state index contributed by atoms with van der Waals surface area (Å²) >= 11 is 0. The molecule has 0 aliphatic rings. The molecule has 0 spiro atoms. The average Bonchev–Trinajstić information content (AvgIpc) is 2.75. The first-order valence-corrected chi connectivity index (χ1v) is 18.2. The van der Waals surface area contributed by atoms with Crippen LogP contribution >= 0.6 is 52.3 Å². The zero-order chi connectivity index (χ0) is 23.0. The molecule has 176 valence electrons. The summed E-state index contributed by atoms with van der Waals surface area (Å²) in [4.78, 5) is 0. The van der Waals surface area contributed by atoms with Crippen molar-refractivity contribution in [3.8, 4) is 0 Å². The summed E-state index contributed by atoms with van der Waals surface area (Å²) in [5.41, 5.74) is 0. The number of hydrogen-bond donors (Lipinski definition) is 0. The summed E-state index contributed by atoms with van der Waals surface area (Å²) < 4.78 is 16.7. The molecule has 0 bridgehead atoms. The number of rotatable bonds is 19. The summed E-state index contributed by atoms with van der Waals surface area (Å²) in [5, 5.41) is 0. The highest BCUT2D eigenvalue weighted by molar-refractivity contribution is 8.41. The Morgan fingerprint density at radius 1 is 0.839 bits per heavy atom. The van der Waals surface area contributed by atoms with E-state index in [1.54, 1.807) is 0 Å². The summed E-state index contributed by atoms with van der Waals surface area (Å²) in [7, 11) is 10.3. The Labute approximate surface area is 202 Å². The molecule has 9 heteroatoms. The van der Waals surface area contributed by atoms with Crippen LogP contribution in [0.1, 0.15) is 45.4 Å². The van der Waals surface area contributed by atoms with Gasteiger partial charge in [0.15, 0.2) is 0 Å². The summed E-state index contributed by atoms with van der Waals surface area (Å²) in [6, 6.07) is 0. The highest BCUT2D eigenvalue weighted by Crippen LogP contribution is 2.53. The van der Waals surface area contributed by atoms with Crippen molar-refractivity contribution in [3.63, 3.8) is 0 Å². The molecule has 0 fully saturated rings. The lowest BCUT2D eigenvalue weighted by molar-refractivity contribution is 0.296. The molecule has 0 aromatic rings. The third-order valence-electron chi connectivity index (χ3n) is 3.86. The molecule has 0 amide bonds. The minimum atomic E-state index is -0.427. The van der Waals surface area contributed by atoms with Crippen molar-refractivity contribution < 1.29 is 13.6 Å². The summed E-state index contributed by atoms with van der Waals surface area (Å²) in [6.07, 6.45) is 31.5. The summed E-state index contributed by atoms with van der Waals surface area (Å²) in [5.74, 6) is 0. The van der Waals surface area contributed by atoms with Gasteiger partial charge >= 0.3 is 0 Å². The van der Waals surface area contributed by atoms with E-state index in [-0.39, 0.29) is 12.2 Å². The number of unbranched alkanes of at least 4 members (excludes halogenated alkanes) is 1. The van der Waals surface area contributed by atoms with E-state index in [0.29, 0.717) is 8.50 Å². The predicted molar refractivity (Wildman–Crippen MR) is 158 cm³/mol. The van der Waals surface area contributed by atoms with E-state index < -0.39 is 7.53 Å². The quantitative estimate of drug-likeness (QED) is 0.0713. The molecule has 0 rings (SSSR count). The van der Waals surface area contributed by atoms with E-state index in [1.807, 2.05) is 6.08 Å².